The third kappa shape index (κ3) is 1.65. The first-order chi connectivity index (χ1) is 6.18. The second-order valence-corrected chi connectivity index (χ2v) is 3.64. The van der Waals surface area contributed by atoms with Gasteiger partial charge in [-0.05, 0) is 37.0 Å². The van der Waals surface area contributed by atoms with E-state index in [1.165, 1.54) is 6.07 Å². The lowest BCUT2D eigenvalue weighted by atomic mass is 10.0. The van der Waals surface area contributed by atoms with E-state index in [1.807, 2.05) is 0 Å². The summed E-state index contributed by atoms with van der Waals surface area (Å²) >= 11 is 0. The van der Waals surface area contributed by atoms with Gasteiger partial charge < -0.3 is 11.5 Å². The first kappa shape index (κ1) is 8.51. The summed E-state index contributed by atoms with van der Waals surface area (Å²) in [5.41, 5.74) is 12.6. The van der Waals surface area contributed by atoms with E-state index in [2.05, 4.69) is 0 Å². The van der Waals surface area contributed by atoms with Gasteiger partial charge in [-0.2, -0.15) is 0 Å². The fourth-order valence-electron chi connectivity index (χ4n) is 1.53. The number of anilines is 1. The van der Waals surface area contributed by atoms with Crippen LogP contribution < -0.4 is 11.5 Å². The quantitative estimate of drug-likeness (QED) is 0.682. The van der Waals surface area contributed by atoms with Gasteiger partial charge in [0.1, 0.15) is 5.82 Å². The maximum absolute atomic E-state index is 13.3. The Bertz CT molecular complexity index is 321. The molecular weight excluding hydrogens is 167 g/mol. The van der Waals surface area contributed by atoms with Gasteiger partial charge in [-0.1, -0.05) is 0 Å². The van der Waals surface area contributed by atoms with Crippen LogP contribution in [0.3, 0.4) is 0 Å². The zero-order valence-electron chi connectivity index (χ0n) is 7.33. The lowest BCUT2D eigenvalue weighted by Gasteiger charge is -2.12. The molecule has 1 atom stereocenters. The molecule has 0 heterocycles. The van der Waals surface area contributed by atoms with Crippen LogP contribution in [0.1, 0.15) is 24.4 Å². The van der Waals surface area contributed by atoms with Crippen LogP contribution >= 0.6 is 0 Å². The fraction of sp³-hybridized carbons (Fsp3) is 0.400. The standard InChI is InChI=1S/C10H13FN2/c11-9-4-3-7(12)5-8(9)10(13)6-1-2-6/h3-6,10H,1-2,12-13H2. The Hall–Kier alpha value is -1.09. The maximum atomic E-state index is 13.3. The van der Waals surface area contributed by atoms with E-state index in [9.17, 15) is 4.39 Å². The molecule has 0 aromatic heterocycles. The van der Waals surface area contributed by atoms with Gasteiger partial charge in [0.05, 0.1) is 0 Å². The summed E-state index contributed by atoms with van der Waals surface area (Å²) in [5, 5.41) is 0. The minimum absolute atomic E-state index is 0.177. The lowest BCUT2D eigenvalue weighted by molar-refractivity contribution is 0.554. The van der Waals surface area contributed by atoms with Crippen LogP contribution in [-0.4, -0.2) is 0 Å². The summed E-state index contributed by atoms with van der Waals surface area (Å²) in [6.07, 6.45) is 2.21. The predicted octanol–water partition coefficient (Wildman–Crippen LogP) is 1.82. The molecule has 1 aliphatic carbocycles. The number of nitrogen functional groups attached to an aromatic ring is 1. The molecule has 0 bridgehead atoms. The monoisotopic (exact) mass is 180 g/mol. The molecule has 70 valence electrons. The van der Waals surface area contributed by atoms with Gasteiger partial charge >= 0.3 is 0 Å². The molecule has 1 fully saturated rings. The minimum Gasteiger partial charge on any atom is -0.399 e. The highest BCUT2D eigenvalue weighted by Gasteiger charge is 2.30. The van der Waals surface area contributed by atoms with Crippen molar-refractivity contribution in [3.63, 3.8) is 0 Å². The van der Waals surface area contributed by atoms with E-state index in [0.29, 0.717) is 17.2 Å². The predicted molar refractivity (Wildman–Crippen MR) is 50.5 cm³/mol. The van der Waals surface area contributed by atoms with Crippen molar-refractivity contribution in [2.45, 2.75) is 18.9 Å². The van der Waals surface area contributed by atoms with Crippen LogP contribution in [0.2, 0.25) is 0 Å². The second-order valence-electron chi connectivity index (χ2n) is 3.64. The molecule has 1 aromatic carbocycles. The molecule has 2 rings (SSSR count). The van der Waals surface area contributed by atoms with Gasteiger partial charge in [0.25, 0.3) is 0 Å². The smallest absolute Gasteiger partial charge is 0.128 e. The number of hydrogen-bond acceptors (Lipinski definition) is 2. The Labute approximate surface area is 76.7 Å². The van der Waals surface area contributed by atoms with Crippen LogP contribution in [0, 0.1) is 11.7 Å². The van der Waals surface area contributed by atoms with Gasteiger partial charge in [0.2, 0.25) is 0 Å². The van der Waals surface area contributed by atoms with Gasteiger partial charge in [0.15, 0.2) is 0 Å². The zero-order chi connectivity index (χ0) is 9.42. The third-order valence-corrected chi connectivity index (χ3v) is 2.51. The van der Waals surface area contributed by atoms with Crippen molar-refractivity contribution in [1.82, 2.24) is 0 Å². The van der Waals surface area contributed by atoms with Gasteiger partial charge in [-0.25, -0.2) is 4.39 Å². The SMILES string of the molecule is Nc1ccc(F)c(C(N)C2CC2)c1. The third-order valence-electron chi connectivity index (χ3n) is 2.51. The van der Waals surface area contributed by atoms with Gasteiger partial charge in [-0.3, -0.25) is 0 Å². The summed E-state index contributed by atoms with van der Waals surface area (Å²) in [4.78, 5) is 0. The summed E-state index contributed by atoms with van der Waals surface area (Å²) in [6, 6.07) is 4.40. The van der Waals surface area contributed by atoms with E-state index in [1.54, 1.807) is 12.1 Å². The van der Waals surface area contributed by atoms with E-state index < -0.39 is 0 Å². The molecule has 0 radical (unpaired) electrons. The highest BCUT2D eigenvalue weighted by Crippen LogP contribution is 2.40. The Balaban J connectivity index is 2.31. The number of nitrogens with two attached hydrogens (primary N) is 2. The molecular formula is C10H13FN2. The number of benzene rings is 1. The summed E-state index contributed by atoms with van der Waals surface area (Å²) in [5.74, 6) is 0.213. The highest BCUT2D eigenvalue weighted by atomic mass is 19.1. The largest absolute Gasteiger partial charge is 0.399 e. The molecule has 0 spiro atoms. The van der Waals surface area contributed by atoms with Crippen molar-refractivity contribution < 1.29 is 4.39 Å². The van der Waals surface area contributed by atoms with Crippen LogP contribution in [0.25, 0.3) is 0 Å². The van der Waals surface area contributed by atoms with Crippen LogP contribution in [0.4, 0.5) is 10.1 Å². The van der Waals surface area contributed by atoms with E-state index in [4.69, 9.17) is 11.5 Å². The number of rotatable bonds is 2. The van der Waals surface area contributed by atoms with Crippen molar-refractivity contribution >= 4 is 5.69 Å². The van der Waals surface area contributed by atoms with Crippen molar-refractivity contribution in [1.29, 1.82) is 0 Å². The van der Waals surface area contributed by atoms with Crippen LogP contribution in [0.5, 0.6) is 0 Å². The molecule has 1 aromatic rings. The zero-order valence-corrected chi connectivity index (χ0v) is 7.33. The Morgan fingerprint density at radius 1 is 1.38 bits per heavy atom. The van der Waals surface area contributed by atoms with Gasteiger partial charge in [-0.15, -0.1) is 0 Å². The number of halogens is 1. The van der Waals surface area contributed by atoms with Crippen molar-refractivity contribution in [3.8, 4) is 0 Å². The molecule has 2 nitrogen and oxygen atoms in total. The highest BCUT2D eigenvalue weighted by molar-refractivity contribution is 5.42. The molecule has 0 aliphatic heterocycles. The van der Waals surface area contributed by atoms with Crippen LogP contribution in [0.15, 0.2) is 18.2 Å². The van der Waals surface area contributed by atoms with E-state index in [0.717, 1.165) is 12.8 Å². The van der Waals surface area contributed by atoms with Crippen LogP contribution in [-0.2, 0) is 0 Å². The van der Waals surface area contributed by atoms with Crippen molar-refractivity contribution in [3.05, 3.63) is 29.6 Å². The molecule has 1 saturated carbocycles. The Kier molecular flexibility index (Phi) is 1.96. The first-order valence-electron chi connectivity index (χ1n) is 4.49. The topological polar surface area (TPSA) is 52.0 Å². The summed E-state index contributed by atoms with van der Waals surface area (Å²) < 4.78 is 13.3. The van der Waals surface area contributed by atoms with E-state index >= 15 is 0 Å². The molecule has 1 aliphatic rings. The lowest BCUT2D eigenvalue weighted by Crippen LogP contribution is -2.14. The summed E-state index contributed by atoms with van der Waals surface area (Å²) in [6.45, 7) is 0. The van der Waals surface area contributed by atoms with Gasteiger partial charge in [0, 0.05) is 17.3 Å². The Morgan fingerprint density at radius 2 is 2.08 bits per heavy atom. The van der Waals surface area contributed by atoms with Crippen molar-refractivity contribution in [2.75, 3.05) is 5.73 Å². The average molecular weight is 180 g/mol. The normalized spacial score (nSPS) is 18.6. The number of hydrogen-bond donors (Lipinski definition) is 2. The molecule has 3 heteroatoms. The maximum Gasteiger partial charge on any atom is 0.128 e. The Morgan fingerprint density at radius 3 is 2.69 bits per heavy atom. The summed E-state index contributed by atoms with van der Waals surface area (Å²) in [7, 11) is 0. The first-order valence-corrected chi connectivity index (χ1v) is 4.49. The van der Waals surface area contributed by atoms with E-state index in [-0.39, 0.29) is 11.9 Å². The molecule has 4 N–H and O–H groups in total. The van der Waals surface area contributed by atoms with Crippen molar-refractivity contribution in [2.24, 2.45) is 11.7 Å². The minimum atomic E-state index is -0.242. The second kappa shape index (κ2) is 3.00. The fourth-order valence-corrected chi connectivity index (χ4v) is 1.53. The average Bonchev–Trinajstić information content (AvgIpc) is 2.91. The molecule has 0 saturated heterocycles. The molecule has 13 heavy (non-hydrogen) atoms. The molecule has 1 unspecified atom stereocenters. The molecule has 0 amide bonds.